The number of H-pyrrole nitrogens is 1. The summed E-state index contributed by atoms with van der Waals surface area (Å²) in [6, 6.07) is 1.75. The number of fused-ring (bicyclic) bond motifs is 3. The van der Waals surface area contributed by atoms with Gasteiger partial charge in [-0.05, 0) is 19.4 Å². The van der Waals surface area contributed by atoms with Gasteiger partial charge in [0, 0.05) is 53.9 Å². The Morgan fingerprint density at radius 2 is 2.16 bits per heavy atom. The Kier molecular flexibility index (Phi) is 5.96. The normalized spacial score (nSPS) is 20.4. The Morgan fingerprint density at radius 3 is 2.84 bits per heavy atom. The average molecular weight is 450 g/mol. The minimum atomic E-state index is -0.699. The van der Waals surface area contributed by atoms with Gasteiger partial charge in [0.1, 0.15) is 0 Å². The minimum absolute atomic E-state index is 0.0681. The maximum Gasteiger partial charge on any atom is 0.253 e. The van der Waals surface area contributed by atoms with Crippen molar-refractivity contribution in [2.75, 3.05) is 26.9 Å². The van der Waals surface area contributed by atoms with Gasteiger partial charge < -0.3 is 19.8 Å². The van der Waals surface area contributed by atoms with Crippen LogP contribution in [0.1, 0.15) is 36.6 Å². The van der Waals surface area contributed by atoms with Crippen LogP contribution in [0.25, 0.3) is 10.9 Å². The Hall–Kier alpha value is -0.790. The highest BCUT2D eigenvalue weighted by molar-refractivity contribution is 9.10. The molecule has 1 aromatic heterocycles. The van der Waals surface area contributed by atoms with Gasteiger partial charge >= 0.3 is 0 Å². The Morgan fingerprint density at radius 1 is 1.40 bits per heavy atom. The van der Waals surface area contributed by atoms with Crippen LogP contribution in [0.3, 0.4) is 0 Å². The van der Waals surface area contributed by atoms with E-state index in [1.165, 1.54) is 0 Å². The largest absolute Gasteiger partial charge is 0.385 e. The molecular formula is C17H19BrCl2N2O3. The monoisotopic (exact) mass is 448 g/mol. The molecule has 2 aromatic rings. The van der Waals surface area contributed by atoms with E-state index in [4.69, 9.17) is 32.7 Å². The van der Waals surface area contributed by atoms with Crippen molar-refractivity contribution < 1.29 is 14.3 Å². The van der Waals surface area contributed by atoms with E-state index in [9.17, 15) is 4.79 Å². The third-order valence-electron chi connectivity index (χ3n) is 4.43. The zero-order chi connectivity index (χ0) is 18.1. The summed E-state index contributed by atoms with van der Waals surface area (Å²) in [5.41, 5.74) is 2.47. The summed E-state index contributed by atoms with van der Waals surface area (Å²) >= 11 is 16.2. The van der Waals surface area contributed by atoms with Crippen molar-refractivity contribution in [3.63, 3.8) is 0 Å². The quantitative estimate of drug-likeness (QED) is 0.657. The number of aromatic amines is 1. The molecule has 25 heavy (non-hydrogen) atoms. The van der Waals surface area contributed by atoms with E-state index in [0.717, 1.165) is 27.5 Å². The fourth-order valence-corrected chi connectivity index (χ4v) is 4.46. The number of rotatable bonds is 5. The first-order valence-electron chi connectivity index (χ1n) is 8.06. The molecule has 5 nitrogen and oxygen atoms in total. The number of nitrogens with one attached hydrogen (secondary N) is 2. The zero-order valence-corrected chi connectivity index (χ0v) is 17.0. The molecule has 1 aromatic carbocycles. The molecule has 0 bridgehead atoms. The van der Waals surface area contributed by atoms with Crippen LogP contribution in [0, 0.1) is 0 Å². The number of carbonyl (C=O) groups excluding carboxylic acids is 1. The zero-order valence-electron chi connectivity index (χ0n) is 13.9. The maximum atomic E-state index is 12.6. The molecule has 2 unspecified atom stereocenters. The minimum Gasteiger partial charge on any atom is -0.385 e. The first-order valence-corrected chi connectivity index (χ1v) is 9.61. The van der Waals surface area contributed by atoms with Gasteiger partial charge in [-0.3, -0.25) is 4.79 Å². The van der Waals surface area contributed by atoms with Gasteiger partial charge in [-0.25, -0.2) is 0 Å². The van der Waals surface area contributed by atoms with E-state index in [1.807, 2.05) is 6.92 Å². The molecule has 136 valence electrons. The van der Waals surface area contributed by atoms with Crippen LogP contribution in [0.2, 0.25) is 10.0 Å². The predicted molar refractivity (Wildman–Crippen MR) is 103 cm³/mol. The number of halogens is 3. The number of amides is 1. The summed E-state index contributed by atoms with van der Waals surface area (Å²) in [4.78, 5) is 16.0. The van der Waals surface area contributed by atoms with Crippen LogP contribution >= 0.6 is 39.1 Å². The lowest BCUT2D eigenvalue weighted by atomic mass is 9.96. The Balaban J connectivity index is 2.27. The second kappa shape index (κ2) is 7.84. The molecule has 0 saturated carbocycles. The van der Waals surface area contributed by atoms with Crippen LogP contribution < -0.4 is 5.32 Å². The maximum absolute atomic E-state index is 12.6. The molecule has 8 heteroatoms. The van der Waals surface area contributed by atoms with Crippen molar-refractivity contribution in [2.24, 2.45) is 0 Å². The molecule has 0 aliphatic carbocycles. The fourth-order valence-electron chi connectivity index (χ4n) is 3.29. The molecule has 2 heterocycles. The molecule has 0 spiro atoms. The second-order valence-electron chi connectivity index (χ2n) is 5.92. The van der Waals surface area contributed by atoms with E-state index in [-0.39, 0.29) is 11.8 Å². The van der Waals surface area contributed by atoms with E-state index in [1.54, 1.807) is 13.2 Å². The Bertz CT molecular complexity index is 809. The lowest BCUT2D eigenvalue weighted by Crippen LogP contribution is -2.31. The Labute approximate surface area is 164 Å². The molecule has 0 saturated heterocycles. The summed E-state index contributed by atoms with van der Waals surface area (Å²) in [6.45, 7) is 3.39. The molecule has 3 rings (SSSR count). The standard InChI is InChI=1S/C17H19BrCl2N2O3/c1-3-25-16-12-11-9(18)6-10(19)13(20)15(11)22-14(12)8(4-5-24-2)7-21-17(16)23/h6,8,16,22H,3-5,7H2,1-2H3,(H,21,23). The lowest BCUT2D eigenvalue weighted by molar-refractivity contribution is -0.132. The van der Waals surface area contributed by atoms with Crippen LogP contribution in [0.5, 0.6) is 0 Å². The van der Waals surface area contributed by atoms with Gasteiger partial charge in [0.25, 0.3) is 5.91 Å². The highest BCUT2D eigenvalue weighted by Crippen LogP contribution is 2.44. The number of methoxy groups -OCH3 is 1. The highest BCUT2D eigenvalue weighted by atomic mass is 79.9. The number of benzene rings is 1. The first kappa shape index (κ1) is 19.0. The second-order valence-corrected chi connectivity index (χ2v) is 7.55. The molecule has 0 fully saturated rings. The first-order chi connectivity index (χ1) is 12.0. The van der Waals surface area contributed by atoms with Crippen molar-refractivity contribution in [3.8, 4) is 0 Å². The van der Waals surface area contributed by atoms with Crippen LogP contribution in [0.15, 0.2) is 10.5 Å². The number of carbonyl (C=O) groups is 1. The van der Waals surface area contributed by atoms with Crippen molar-refractivity contribution in [3.05, 3.63) is 31.8 Å². The van der Waals surface area contributed by atoms with Gasteiger partial charge in [0.15, 0.2) is 6.10 Å². The van der Waals surface area contributed by atoms with Gasteiger partial charge in [0.2, 0.25) is 0 Å². The smallest absolute Gasteiger partial charge is 0.253 e. The van der Waals surface area contributed by atoms with E-state index >= 15 is 0 Å². The van der Waals surface area contributed by atoms with Crippen molar-refractivity contribution >= 4 is 55.9 Å². The van der Waals surface area contributed by atoms with Crippen molar-refractivity contribution in [2.45, 2.75) is 25.4 Å². The van der Waals surface area contributed by atoms with Gasteiger partial charge in [-0.15, -0.1) is 0 Å². The molecule has 2 atom stereocenters. The van der Waals surface area contributed by atoms with Crippen molar-refractivity contribution in [1.29, 1.82) is 0 Å². The van der Waals surface area contributed by atoms with Gasteiger partial charge in [0.05, 0.1) is 15.6 Å². The number of hydrogen-bond acceptors (Lipinski definition) is 3. The van der Waals surface area contributed by atoms with Crippen LogP contribution in [-0.2, 0) is 14.3 Å². The van der Waals surface area contributed by atoms with Gasteiger partial charge in [-0.1, -0.05) is 39.1 Å². The van der Waals surface area contributed by atoms with E-state index in [0.29, 0.717) is 35.3 Å². The SMILES string of the molecule is CCOC1C(=O)NCC(CCOC)c2[nH]c3c(Cl)c(Cl)cc(Br)c3c21. The summed E-state index contributed by atoms with van der Waals surface area (Å²) in [5, 5.41) is 4.69. The third kappa shape index (κ3) is 3.43. The van der Waals surface area contributed by atoms with Gasteiger partial charge in [-0.2, -0.15) is 0 Å². The highest BCUT2D eigenvalue weighted by Gasteiger charge is 2.35. The third-order valence-corrected chi connectivity index (χ3v) is 5.84. The number of aromatic nitrogens is 1. The molecular weight excluding hydrogens is 431 g/mol. The van der Waals surface area contributed by atoms with Crippen LogP contribution in [-0.4, -0.2) is 37.8 Å². The van der Waals surface area contributed by atoms with Crippen LogP contribution in [0.4, 0.5) is 0 Å². The molecule has 1 amide bonds. The number of hydrogen-bond donors (Lipinski definition) is 2. The predicted octanol–water partition coefficient (Wildman–Crippen LogP) is 4.56. The van der Waals surface area contributed by atoms with E-state index < -0.39 is 6.10 Å². The van der Waals surface area contributed by atoms with E-state index in [2.05, 4.69) is 26.2 Å². The topological polar surface area (TPSA) is 63.4 Å². The molecule has 1 aliphatic rings. The number of ether oxygens (including phenoxy) is 2. The average Bonchev–Trinajstić information content (AvgIpc) is 2.93. The molecule has 2 N–H and O–H groups in total. The summed E-state index contributed by atoms with van der Waals surface area (Å²) in [6.07, 6.45) is 0.0631. The lowest BCUT2D eigenvalue weighted by Gasteiger charge is -2.16. The summed E-state index contributed by atoms with van der Waals surface area (Å²) in [5.74, 6) is -0.0830. The molecule has 0 radical (unpaired) electrons. The fraction of sp³-hybridized carbons (Fsp3) is 0.471. The molecule has 1 aliphatic heterocycles. The summed E-state index contributed by atoms with van der Waals surface area (Å²) in [7, 11) is 1.66. The summed E-state index contributed by atoms with van der Waals surface area (Å²) < 4.78 is 11.8. The van der Waals surface area contributed by atoms with Crippen molar-refractivity contribution in [1.82, 2.24) is 10.3 Å².